The van der Waals surface area contributed by atoms with E-state index >= 15 is 0 Å². The average Bonchev–Trinajstić information content (AvgIpc) is 2.87. The summed E-state index contributed by atoms with van der Waals surface area (Å²) in [5.74, 6) is 1.39. The third-order valence-corrected chi connectivity index (χ3v) is 5.48. The molecule has 0 N–H and O–H groups in total. The first-order valence-electron chi connectivity index (χ1n) is 10.2. The number of benzene rings is 3. The quantitative estimate of drug-likeness (QED) is 0.365. The van der Waals surface area contributed by atoms with Crippen LogP contribution in [0.2, 0.25) is 0 Å². The first kappa shape index (κ1) is 23.0. The summed E-state index contributed by atoms with van der Waals surface area (Å²) in [6.45, 7) is 0. The molecule has 1 aromatic heterocycles. The lowest BCUT2D eigenvalue weighted by Gasteiger charge is -2.17. The summed E-state index contributed by atoms with van der Waals surface area (Å²) in [7, 11) is 7.36. The molecule has 0 bridgehead atoms. The van der Waals surface area contributed by atoms with Crippen molar-refractivity contribution < 1.29 is 32.5 Å². The van der Waals surface area contributed by atoms with Crippen molar-refractivity contribution in [1.82, 2.24) is 0 Å². The van der Waals surface area contributed by atoms with Gasteiger partial charge in [-0.3, -0.25) is 4.79 Å². The van der Waals surface area contributed by atoms with E-state index < -0.39 is 11.2 Å². The predicted octanol–water partition coefficient (Wildman–Crippen LogP) is 5.31. The van der Waals surface area contributed by atoms with Gasteiger partial charge in [0.25, 0.3) is 0 Å². The molecule has 4 rings (SSSR count). The number of fused-ring (bicyclic) bond motifs is 1. The van der Waals surface area contributed by atoms with Crippen LogP contribution in [-0.4, -0.2) is 35.5 Å². The smallest absolute Gasteiger partial charge is 0.239 e. The normalized spacial score (nSPS) is 10.8. The summed E-state index contributed by atoms with van der Waals surface area (Å²) in [6.07, 6.45) is 0. The van der Waals surface area contributed by atoms with Crippen molar-refractivity contribution in [3.63, 3.8) is 0 Å². The number of ether oxygens (including phenoxy) is 5. The van der Waals surface area contributed by atoms with E-state index in [0.717, 1.165) is 0 Å². The molecule has 3 aromatic carbocycles. The highest BCUT2D eigenvalue weighted by atomic mass is 19.1. The maximum absolute atomic E-state index is 13.6. The van der Waals surface area contributed by atoms with Gasteiger partial charge >= 0.3 is 0 Å². The third kappa shape index (κ3) is 3.77. The van der Waals surface area contributed by atoms with E-state index in [1.165, 1.54) is 47.7 Å². The zero-order valence-corrected chi connectivity index (χ0v) is 19.4. The van der Waals surface area contributed by atoms with E-state index in [2.05, 4.69) is 0 Å². The fraction of sp³-hybridized carbons (Fsp3) is 0.192. The molecule has 0 aliphatic rings. The second-order valence-corrected chi connectivity index (χ2v) is 7.23. The molecule has 0 atom stereocenters. The van der Waals surface area contributed by atoms with Crippen LogP contribution in [0.15, 0.2) is 57.7 Å². The molecule has 0 aliphatic heterocycles. The van der Waals surface area contributed by atoms with Crippen LogP contribution in [0.25, 0.3) is 33.4 Å². The van der Waals surface area contributed by atoms with Crippen molar-refractivity contribution in [1.29, 1.82) is 0 Å². The molecule has 4 aromatic rings. The molecule has 0 fully saturated rings. The van der Waals surface area contributed by atoms with Crippen LogP contribution < -0.4 is 29.1 Å². The van der Waals surface area contributed by atoms with Gasteiger partial charge in [-0.15, -0.1) is 0 Å². The molecule has 0 unspecified atom stereocenters. The molecular formula is C26H23FO7. The standard InChI is InChI=1S/C26H23FO7/c1-29-17-11-8-15(12-18(17)30-2)24-26(33-5)23(28)22-20(32-4)13-19(31-3)21(25(22)34-24)14-6-9-16(27)10-7-14/h6-13H,1-5H3. The van der Waals surface area contributed by atoms with Gasteiger partial charge < -0.3 is 28.1 Å². The Hall–Kier alpha value is -4.20. The van der Waals surface area contributed by atoms with Gasteiger partial charge in [-0.05, 0) is 35.9 Å². The Labute approximate surface area is 195 Å². The molecule has 0 saturated carbocycles. The minimum Gasteiger partial charge on any atom is -0.496 e. The molecular weight excluding hydrogens is 443 g/mol. The van der Waals surface area contributed by atoms with Crippen molar-refractivity contribution in [2.24, 2.45) is 0 Å². The van der Waals surface area contributed by atoms with Crippen LogP contribution in [0.3, 0.4) is 0 Å². The minimum absolute atomic E-state index is 0.00626. The summed E-state index contributed by atoms with van der Waals surface area (Å²) in [5.41, 5.74) is 1.37. The van der Waals surface area contributed by atoms with E-state index in [1.807, 2.05) is 0 Å². The van der Waals surface area contributed by atoms with Crippen LogP contribution in [0.5, 0.6) is 28.7 Å². The fourth-order valence-electron chi connectivity index (χ4n) is 3.86. The van der Waals surface area contributed by atoms with Gasteiger partial charge in [-0.2, -0.15) is 0 Å². The lowest BCUT2D eigenvalue weighted by Crippen LogP contribution is -2.10. The van der Waals surface area contributed by atoms with Crippen molar-refractivity contribution in [3.8, 4) is 51.2 Å². The predicted molar refractivity (Wildman–Crippen MR) is 126 cm³/mol. The van der Waals surface area contributed by atoms with Crippen LogP contribution in [0.1, 0.15) is 0 Å². The average molecular weight is 466 g/mol. The van der Waals surface area contributed by atoms with Crippen molar-refractivity contribution in [3.05, 3.63) is 64.6 Å². The molecule has 0 aliphatic carbocycles. The molecule has 0 amide bonds. The zero-order valence-electron chi connectivity index (χ0n) is 19.4. The Balaban J connectivity index is 2.15. The Kier molecular flexibility index (Phi) is 6.32. The highest BCUT2D eigenvalue weighted by Crippen LogP contribution is 2.44. The van der Waals surface area contributed by atoms with E-state index in [0.29, 0.717) is 33.9 Å². The van der Waals surface area contributed by atoms with E-state index in [1.54, 1.807) is 36.4 Å². The molecule has 0 saturated heterocycles. The molecule has 8 heteroatoms. The van der Waals surface area contributed by atoms with E-state index in [-0.39, 0.29) is 28.2 Å². The van der Waals surface area contributed by atoms with Crippen LogP contribution in [0, 0.1) is 5.82 Å². The lowest BCUT2D eigenvalue weighted by molar-refractivity contribution is 0.355. The van der Waals surface area contributed by atoms with Gasteiger partial charge in [0.1, 0.15) is 22.7 Å². The summed E-state index contributed by atoms with van der Waals surface area (Å²) >= 11 is 0. The second-order valence-electron chi connectivity index (χ2n) is 7.23. The summed E-state index contributed by atoms with van der Waals surface area (Å²) < 4.78 is 47.2. The van der Waals surface area contributed by atoms with Crippen molar-refractivity contribution in [2.75, 3.05) is 35.5 Å². The van der Waals surface area contributed by atoms with Crippen LogP contribution in [0.4, 0.5) is 4.39 Å². The minimum atomic E-state index is -0.434. The summed E-state index contributed by atoms with van der Waals surface area (Å²) in [4.78, 5) is 13.6. The molecule has 176 valence electrons. The fourth-order valence-corrected chi connectivity index (χ4v) is 3.86. The van der Waals surface area contributed by atoms with E-state index in [9.17, 15) is 9.18 Å². The molecule has 0 radical (unpaired) electrons. The number of hydrogen-bond acceptors (Lipinski definition) is 7. The maximum atomic E-state index is 13.6. The Bertz CT molecular complexity index is 1410. The Morgan fingerprint density at radius 3 is 1.88 bits per heavy atom. The second kappa shape index (κ2) is 9.35. The zero-order chi connectivity index (χ0) is 24.4. The maximum Gasteiger partial charge on any atom is 0.239 e. The Morgan fingerprint density at radius 1 is 0.676 bits per heavy atom. The first-order valence-corrected chi connectivity index (χ1v) is 10.2. The van der Waals surface area contributed by atoms with Gasteiger partial charge in [0.05, 0.1) is 41.1 Å². The van der Waals surface area contributed by atoms with Crippen molar-refractivity contribution in [2.45, 2.75) is 0 Å². The Morgan fingerprint density at radius 2 is 1.29 bits per heavy atom. The van der Waals surface area contributed by atoms with Gasteiger partial charge in [0.15, 0.2) is 22.8 Å². The molecule has 34 heavy (non-hydrogen) atoms. The highest BCUT2D eigenvalue weighted by molar-refractivity contribution is 6.00. The van der Waals surface area contributed by atoms with Gasteiger partial charge in [-0.25, -0.2) is 4.39 Å². The number of methoxy groups -OCH3 is 5. The third-order valence-electron chi connectivity index (χ3n) is 5.48. The van der Waals surface area contributed by atoms with E-state index in [4.69, 9.17) is 28.1 Å². The van der Waals surface area contributed by atoms with Gasteiger partial charge in [-0.1, -0.05) is 12.1 Å². The highest BCUT2D eigenvalue weighted by Gasteiger charge is 2.26. The SMILES string of the molecule is COc1ccc(-c2oc3c(-c4ccc(F)cc4)c(OC)cc(OC)c3c(=O)c2OC)cc1OC. The van der Waals surface area contributed by atoms with Gasteiger partial charge in [0, 0.05) is 11.6 Å². The summed E-state index contributed by atoms with van der Waals surface area (Å²) in [5, 5.41) is 0.170. The number of halogens is 1. The van der Waals surface area contributed by atoms with Crippen LogP contribution in [-0.2, 0) is 0 Å². The van der Waals surface area contributed by atoms with Crippen LogP contribution >= 0.6 is 0 Å². The molecule has 0 spiro atoms. The number of hydrogen-bond donors (Lipinski definition) is 0. The largest absolute Gasteiger partial charge is 0.496 e. The van der Waals surface area contributed by atoms with Crippen molar-refractivity contribution >= 4 is 11.0 Å². The topological polar surface area (TPSA) is 76.4 Å². The summed E-state index contributed by atoms with van der Waals surface area (Å²) in [6, 6.07) is 12.5. The monoisotopic (exact) mass is 466 g/mol. The lowest BCUT2D eigenvalue weighted by atomic mass is 9.99. The van der Waals surface area contributed by atoms with Gasteiger partial charge in [0.2, 0.25) is 11.2 Å². The number of rotatable bonds is 7. The molecule has 1 heterocycles. The first-order chi connectivity index (χ1) is 16.5. The molecule has 7 nitrogen and oxygen atoms in total.